The number of aromatic amines is 1. The van der Waals surface area contributed by atoms with Gasteiger partial charge in [-0.15, -0.1) is 5.10 Å². The molecule has 0 radical (unpaired) electrons. The number of fused-ring (bicyclic) bond motifs is 3. The molecule has 0 aliphatic heterocycles. The normalized spacial score (nSPS) is 12.9. The molecule has 0 fully saturated rings. The average molecular weight is 372 g/mol. The molecule has 0 bridgehead atoms. The Morgan fingerprint density at radius 1 is 1.11 bits per heavy atom. The van der Waals surface area contributed by atoms with Crippen molar-refractivity contribution in [1.29, 1.82) is 0 Å². The van der Waals surface area contributed by atoms with Gasteiger partial charge in [0.25, 0.3) is 11.5 Å². The highest BCUT2D eigenvalue weighted by molar-refractivity contribution is 6.05. The number of rotatable bonds is 3. The van der Waals surface area contributed by atoms with Crippen molar-refractivity contribution in [3.63, 3.8) is 0 Å². The zero-order valence-corrected chi connectivity index (χ0v) is 14.8. The molecular formula is C20H16N6O2. The molecule has 1 aliphatic rings. The lowest BCUT2D eigenvalue weighted by Gasteiger charge is -2.10. The molecule has 138 valence electrons. The van der Waals surface area contributed by atoms with Gasteiger partial charge < -0.3 is 10.3 Å². The maximum Gasteiger partial charge on any atom is 0.255 e. The molecule has 0 spiro atoms. The second kappa shape index (κ2) is 6.41. The van der Waals surface area contributed by atoms with Crippen molar-refractivity contribution in [1.82, 2.24) is 25.2 Å². The Balaban J connectivity index is 1.45. The number of hydrogen-bond donors (Lipinski definition) is 2. The van der Waals surface area contributed by atoms with Crippen LogP contribution in [0.1, 0.15) is 27.9 Å². The summed E-state index contributed by atoms with van der Waals surface area (Å²) in [5.41, 5.74) is 4.53. The van der Waals surface area contributed by atoms with E-state index in [-0.39, 0.29) is 11.5 Å². The number of carbonyl (C=O) groups is 1. The van der Waals surface area contributed by atoms with E-state index in [4.69, 9.17) is 0 Å². The topological polar surface area (TPSA) is 106 Å². The van der Waals surface area contributed by atoms with Crippen molar-refractivity contribution in [2.24, 2.45) is 0 Å². The number of nitrogens with zero attached hydrogens (tertiary/aromatic N) is 4. The number of nitrogens with one attached hydrogen (secondary N) is 2. The van der Waals surface area contributed by atoms with Crippen LogP contribution in [-0.4, -0.2) is 31.1 Å². The predicted molar refractivity (Wildman–Crippen MR) is 104 cm³/mol. The number of anilines is 1. The van der Waals surface area contributed by atoms with Crippen molar-refractivity contribution in [3.8, 4) is 5.69 Å². The van der Waals surface area contributed by atoms with Crippen LogP contribution in [0.15, 0.2) is 53.6 Å². The van der Waals surface area contributed by atoms with E-state index in [1.807, 2.05) is 18.2 Å². The molecule has 2 aromatic carbocycles. The number of tetrazole rings is 1. The van der Waals surface area contributed by atoms with Gasteiger partial charge in [-0.05, 0) is 65.6 Å². The fourth-order valence-electron chi connectivity index (χ4n) is 3.75. The zero-order chi connectivity index (χ0) is 19.1. The van der Waals surface area contributed by atoms with Gasteiger partial charge in [-0.2, -0.15) is 0 Å². The van der Waals surface area contributed by atoms with Crippen LogP contribution in [0.2, 0.25) is 0 Å². The third-order valence-corrected chi connectivity index (χ3v) is 5.06. The van der Waals surface area contributed by atoms with Gasteiger partial charge in [0, 0.05) is 22.2 Å². The molecule has 0 saturated carbocycles. The summed E-state index contributed by atoms with van der Waals surface area (Å²) in [6.45, 7) is 0. The van der Waals surface area contributed by atoms with Crippen LogP contribution < -0.4 is 10.9 Å². The first-order valence-corrected chi connectivity index (χ1v) is 9.01. The third-order valence-electron chi connectivity index (χ3n) is 5.06. The lowest BCUT2D eigenvalue weighted by atomic mass is 10.1. The molecule has 1 aliphatic carbocycles. The lowest BCUT2D eigenvalue weighted by Crippen LogP contribution is -2.14. The number of hydrogen-bond acceptors (Lipinski definition) is 5. The molecule has 4 aromatic rings. The number of amides is 1. The molecule has 28 heavy (non-hydrogen) atoms. The molecule has 2 N–H and O–H groups in total. The summed E-state index contributed by atoms with van der Waals surface area (Å²) in [6.07, 6.45) is 4.23. The van der Waals surface area contributed by atoms with E-state index in [1.165, 1.54) is 11.0 Å². The smallest absolute Gasteiger partial charge is 0.255 e. The SMILES string of the molecule is O=C(Nc1ccc2c3c(c(=O)[nH]c2c1)CCC3)c1cccc(-n2cnnn2)c1. The fraction of sp³-hybridized carbons (Fsp3) is 0.150. The van der Waals surface area contributed by atoms with Gasteiger partial charge in [-0.3, -0.25) is 9.59 Å². The van der Waals surface area contributed by atoms with Crippen LogP contribution in [0.5, 0.6) is 0 Å². The summed E-state index contributed by atoms with van der Waals surface area (Å²) in [7, 11) is 0. The van der Waals surface area contributed by atoms with Gasteiger partial charge in [0.2, 0.25) is 0 Å². The molecule has 0 atom stereocenters. The predicted octanol–water partition coefficient (Wildman–Crippen LogP) is 2.24. The quantitative estimate of drug-likeness (QED) is 0.574. The Hall–Kier alpha value is -3.81. The monoisotopic (exact) mass is 372 g/mol. The summed E-state index contributed by atoms with van der Waals surface area (Å²) >= 11 is 0. The second-order valence-corrected chi connectivity index (χ2v) is 6.78. The van der Waals surface area contributed by atoms with Crippen molar-refractivity contribution in [3.05, 3.63) is 75.8 Å². The van der Waals surface area contributed by atoms with Gasteiger partial charge >= 0.3 is 0 Å². The van der Waals surface area contributed by atoms with Crippen LogP contribution in [0.3, 0.4) is 0 Å². The fourth-order valence-corrected chi connectivity index (χ4v) is 3.75. The summed E-state index contributed by atoms with van der Waals surface area (Å²) in [5.74, 6) is -0.252. The first-order valence-electron chi connectivity index (χ1n) is 9.01. The molecule has 8 nitrogen and oxygen atoms in total. The van der Waals surface area contributed by atoms with Crippen LogP contribution >= 0.6 is 0 Å². The highest BCUT2D eigenvalue weighted by Gasteiger charge is 2.18. The Morgan fingerprint density at radius 2 is 2.00 bits per heavy atom. The Kier molecular flexibility index (Phi) is 3.75. The van der Waals surface area contributed by atoms with Gasteiger partial charge in [0.1, 0.15) is 6.33 Å². The molecule has 5 rings (SSSR count). The number of carbonyl (C=O) groups excluding carboxylic acids is 1. The van der Waals surface area contributed by atoms with Gasteiger partial charge in [-0.25, -0.2) is 4.68 Å². The number of aromatic nitrogens is 5. The summed E-state index contributed by atoms with van der Waals surface area (Å²) in [6, 6.07) is 12.6. The van der Waals surface area contributed by atoms with E-state index in [2.05, 4.69) is 25.8 Å². The number of H-pyrrole nitrogens is 1. The van der Waals surface area contributed by atoms with Crippen molar-refractivity contribution < 1.29 is 4.79 Å². The average Bonchev–Trinajstić information content (AvgIpc) is 3.40. The lowest BCUT2D eigenvalue weighted by molar-refractivity contribution is 0.102. The van der Waals surface area contributed by atoms with Gasteiger partial charge in [0.15, 0.2) is 0 Å². The minimum Gasteiger partial charge on any atom is -0.322 e. The van der Waals surface area contributed by atoms with Gasteiger partial charge in [-0.1, -0.05) is 12.1 Å². The second-order valence-electron chi connectivity index (χ2n) is 6.78. The molecule has 8 heteroatoms. The zero-order valence-electron chi connectivity index (χ0n) is 14.8. The molecule has 1 amide bonds. The molecule has 0 saturated heterocycles. The Bertz CT molecular complexity index is 1260. The Morgan fingerprint density at radius 3 is 2.86 bits per heavy atom. The summed E-state index contributed by atoms with van der Waals surface area (Å²) < 4.78 is 1.48. The van der Waals surface area contributed by atoms with Crippen LogP contribution in [-0.2, 0) is 12.8 Å². The van der Waals surface area contributed by atoms with E-state index in [0.29, 0.717) is 16.9 Å². The molecular weight excluding hydrogens is 356 g/mol. The first kappa shape index (κ1) is 16.4. The number of aryl methyl sites for hydroxylation is 1. The first-order chi connectivity index (χ1) is 13.7. The number of pyridine rings is 1. The highest BCUT2D eigenvalue weighted by Crippen LogP contribution is 2.28. The van der Waals surface area contributed by atoms with Gasteiger partial charge in [0.05, 0.1) is 11.2 Å². The van der Waals surface area contributed by atoms with Crippen LogP contribution in [0.25, 0.3) is 16.6 Å². The standard InChI is InChI=1S/C20H16N6O2/c27-19(12-3-1-4-14(9-12)26-11-21-24-25-26)22-13-7-8-16-15-5-2-6-17(15)20(28)23-18(16)10-13/h1,3-4,7-11H,2,5-6H2,(H,22,27)(H,23,28). The van der Waals surface area contributed by atoms with Crippen molar-refractivity contribution in [2.45, 2.75) is 19.3 Å². The highest BCUT2D eigenvalue weighted by atomic mass is 16.1. The molecule has 2 aromatic heterocycles. The largest absolute Gasteiger partial charge is 0.322 e. The van der Waals surface area contributed by atoms with E-state index in [9.17, 15) is 9.59 Å². The Labute approximate surface area is 159 Å². The van der Waals surface area contributed by atoms with E-state index in [0.717, 1.165) is 41.3 Å². The summed E-state index contributed by atoms with van der Waals surface area (Å²) in [4.78, 5) is 27.9. The minimum absolute atomic E-state index is 0.0300. The van der Waals surface area contributed by atoms with E-state index in [1.54, 1.807) is 24.3 Å². The molecule has 0 unspecified atom stereocenters. The van der Waals surface area contributed by atoms with E-state index >= 15 is 0 Å². The maximum atomic E-state index is 12.7. The van der Waals surface area contributed by atoms with Crippen molar-refractivity contribution >= 4 is 22.5 Å². The minimum atomic E-state index is -0.252. The van der Waals surface area contributed by atoms with E-state index < -0.39 is 0 Å². The maximum absolute atomic E-state index is 12.7. The third kappa shape index (κ3) is 2.75. The number of benzene rings is 2. The van der Waals surface area contributed by atoms with Crippen molar-refractivity contribution in [2.75, 3.05) is 5.32 Å². The van der Waals surface area contributed by atoms with Crippen LogP contribution in [0.4, 0.5) is 5.69 Å². The van der Waals surface area contributed by atoms with Crippen LogP contribution in [0, 0.1) is 0 Å². The molecule has 2 heterocycles. The summed E-state index contributed by atoms with van der Waals surface area (Å²) in [5, 5.41) is 15.0.